The van der Waals surface area contributed by atoms with Crippen molar-refractivity contribution in [3.05, 3.63) is 78.1 Å². The lowest BCUT2D eigenvalue weighted by Gasteiger charge is -2.27. The number of aliphatic hydroxyl groups is 1. The van der Waals surface area contributed by atoms with Crippen LogP contribution >= 0.6 is 0 Å². The van der Waals surface area contributed by atoms with E-state index in [1.165, 1.54) is 6.20 Å². The molecule has 2 aromatic carbocycles. The van der Waals surface area contributed by atoms with Gasteiger partial charge in [0.15, 0.2) is 0 Å². The molecule has 2 heterocycles. The second-order valence-electron chi connectivity index (χ2n) is 9.52. The summed E-state index contributed by atoms with van der Waals surface area (Å²) in [4.78, 5) is 12.6. The highest BCUT2D eigenvalue weighted by Crippen LogP contribution is 2.33. The van der Waals surface area contributed by atoms with Crippen LogP contribution in [-0.2, 0) is 0 Å². The summed E-state index contributed by atoms with van der Waals surface area (Å²) in [6.45, 7) is 2.30. The molecule has 2 amide bonds. The SMILES string of the molecule is Cc1c(NC(=O)NCC2CCCCC2O)cn2ncc(C#N)c(Nc3ccc(Oc4ccccc4)cc3)c12. The number of carbonyl (C=O) groups excluding carboxylic acids is 1. The van der Waals surface area contributed by atoms with Crippen LogP contribution < -0.4 is 20.7 Å². The van der Waals surface area contributed by atoms with Crippen molar-refractivity contribution >= 4 is 28.6 Å². The van der Waals surface area contributed by atoms with Crippen molar-refractivity contribution in [2.45, 2.75) is 38.7 Å². The monoisotopic (exact) mass is 510 g/mol. The third-order valence-corrected chi connectivity index (χ3v) is 6.92. The second kappa shape index (κ2) is 11.2. The molecule has 9 heteroatoms. The zero-order valence-electron chi connectivity index (χ0n) is 21.1. The zero-order chi connectivity index (χ0) is 26.5. The molecule has 0 saturated heterocycles. The minimum atomic E-state index is -0.371. The molecule has 1 aliphatic rings. The molecule has 1 aliphatic carbocycles. The fourth-order valence-corrected chi connectivity index (χ4v) is 4.82. The third kappa shape index (κ3) is 5.56. The van der Waals surface area contributed by atoms with Gasteiger partial charge in [-0.1, -0.05) is 31.0 Å². The lowest BCUT2D eigenvalue weighted by atomic mass is 9.86. The highest BCUT2D eigenvalue weighted by Gasteiger charge is 2.24. The summed E-state index contributed by atoms with van der Waals surface area (Å²) in [6, 6.07) is 18.9. The van der Waals surface area contributed by atoms with Crippen molar-refractivity contribution in [1.29, 1.82) is 5.26 Å². The third-order valence-electron chi connectivity index (χ3n) is 6.92. The number of hydrogen-bond acceptors (Lipinski definition) is 6. The van der Waals surface area contributed by atoms with Crippen LogP contribution in [0.15, 0.2) is 67.0 Å². The smallest absolute Gasteiger partial charge is 0.319 e. The normalized spacial score (nSPS) is 17.0. The van der Waals surface area contributed by atoms with Crippen LogP contribution in [0.4, 0.5) is 21.9 Å². The maximum Gasteiger partial charge on any atom is 0.319 e. The molecular formula is C29H30N6O3. The Balaban J connectivity index is 1.33. The molecule has 2 aromatic heterocycles. The van der Waals surface area contributed by atoms with Crippen molar-refractivity contribution in [1.82, 2.24) is 14.9 Å². The lowest BCUT2D eigenvalue weighted by Crippen LogP contribution is -2.38. The Morgan fingerprint density at radius 3 is 2.61 bits per heavy atom. The Morgan fingerprint density at radius 2 is 1.87 bits per heavy atom. The van der Waals surface area contributed by atoms with E-state index in [1.54, 1.807) is 10.7 Å². The van der Waals surface area contributed by atoms with Crippen LogP contribution in [0.5, 0.6) is 11.5 Å². The molecule has 0 radical (unpaired) electrons. The number of nitrogens with one attached hydrogen (secondary N) is 3. The van der Waals surface area contributed by atoms with Crippen molar-refractivity contribution in [3.63, 3.8) is 0 Å². The minimum absolute atomic E-state index is 0.0730. The zero-order valence-corrected chi connectivity index (χ0v) is 21.1. The van der Waals surface area contributed by atoms with E-state index in [0.717, 1.165) is 42.7 Å². The first-order chi connectivity index (χ1) is 18.5. The van der Waals surface area contributed by atoms with Crippen molar-refractivity contribution in [3.8, 4) is 17.6 Å². The molecule has 38 heavy (non-hydrogen) atoms. The van der Waals surface area contributed by atoms with Gasteiger partial charge in [-0.15, -0.1) is 0 Å². The quantitative estimate of drug-likeness (QED) is 0.252. The topological polar surface area (TPSA) is 124 Å². The maximum atomic E-state index is 12.6. The van der Waals surface area contributed by atoms with E-state index >= 15 is 0 Å². The first kappa shape index (κ1) is 25.1. The van der Waals surface area contributed by atoms with Crippen LogP contribution in [0.3, 0.4) is 0 Å². The fourth-order valence-electron chi connectivity index (χ4n) is 4.82. The molecule has 1 saturated carbocycles. The Hall–Kier alpha value is -4.55. The molecule has 9 nitrogen and oxygen atoms in total. The Kier molecular flexibility index (Phi) is 7.43. The number of rotatable bonds is 7. The number of aryl methyl sites for hydroxylation is 1. The number of anilines is 3. The van der Waals surface area contributed by atoms with E-state index < -0.39 is 0 Å². The van der Waals surface area contributed by atoms with Gasteiger partial charge in [0.2, 0.25) is 0 Å². The molecule has 0 bridgehead atoms. The Bertz CT molecular complexity index is 1460. The van der Waals surface area contributed by atoms with E-state index in [2.05, 4.69) is 27.1 Å². The number of fused-ring (bicyclic) bond motifs is 1. The highest BCUT2D eigenvalue weighted by molar-refractivity contribution is 5.94. The second-order valence-corrected chi connectivity index (χ2v) is 9.52. The van der Waals surface area contributed by atoms with Crippen molar-refractivity contribution in [2.24, 2.45) is 5.92 Å². The molecule has 4 N–H and O–H groups in total. The summed E-state index contributed by atoms with van der Waals surface area (Å²) in [6.07, 6.45) is 6.64. The Morgan fingerprint density at radius 1 is 1.13 bits per heavy atom. The number of nitrogens with zero attached hydrogens (tertiary/aromatic N) is 3. The minimum Gasteiger partial charge on any atom is -0.457 e. The molecule has 2 unspecified atom stereocenters. The van der Waals surface area contributed by atoms with Gasteiger partial charge >= 0.3 is 6.03 Å². The van der Waals surface area contributed by atoms with Crippen LogP contribution in [0.1, 0.15) is 36.8 Å². The highest BCUT2D eigenvalue weighted by atomic mass is 16.5. The van der Waals surface area contributed by atoms with E-state index in [-0.39, 0.29) is 18.1 Å². The maximum absolute atomic E-state index is 12.6. The van der Waals surface area contributed by atoms with Crippen LogP contribution in [0.25, 0.3) is 5.52 Å². The van der Waals surface area contributed by atoms with Gasteiger partial charge in [-0.3, -0.25) is 0 Å². The number of hydrogen-bond donors (Lipinski definition) is 4. The van der Waals surface area contributed by atoms with E-state index in [4.69, 9.17) is 4.74 Å². The lowest BCUT2D eigenvalue weighted by molar-refractivity contribution is 0.0711. The summed E-state index contributed by atoms with van der Waals surface area (Å²) >= 11 is 0. The van der Waals surface area contributed by atoms with Crippen molar-refractivity contribution in [2.75, 3.05) is 17.2 Å². The molecule has 5 rings (SSSR count). The van der Waals surface area contributed by atoms with Gasteiger partial charge in [0.05, 0.1) is 41.0 Å². The number of ether oxygens (including phenoxy) is 1. The fraction of sp³-hybridized carbons (Fsp3) is 0.276. The van der Waals surface area contributed by atoms with Crippen molar-refractivity contribution < 1.29 is 14.6 Å². The summed E-state index contributed by atoms with van der Waals surface area (Å²) in [5, 5.41) is 33.4. The number of nitriles is 1. The Labute approximate surface area is 221 Å². The molecule has 0 aliphatic heterocycles. The molecule has 4 aromatic rings. The predicted octanol–water partition coefficient (Wildman–Crippen LogP) is 5.72. The molecule has 194 valence electrons. The number of urea groups is 1. The summed E-state index contributed by atoms with van der Waals surface area (Å²) in [7, 11) is 0. The standard InChI is InChI=1S/C29H30N6O3/c1-19-25(34-29(37)31-16-20-7-5-6-10-26(20)36)18-35-28(19)27(21(15-30)17-32-35)33-22-11-13-24(14-12-22)38-23-8-3-2-4-9-23/h2-4,8-9,11-14,17-18,20,26,33,36H,5-7,10,16H2,1H3,(H2,31,34,37). The van der Waals surface area contributed by atoms with E-state index in [0.29, 0.717) is 34.7 Å². The molecule has 0 spiro atoms. The van der Waals surface area contributed by atoms with Crippen LogP contribution in [-0.4, -0.2) is 33.4 Å². The largest absolute Gasteiger partial charge is 0.457 e. The van der Waals surface area contributed by atoms with Gasteiger partial charge in [-0.25, -0.2) is 9.31 Å². The number of amides is 2. The van der Waals surface area contributed by atoms with Gasteiger partial charge in [-0.2, -0.15) is 10.4 Å². The van der Waals surface area contributed by atoms with Gasteiger partial charge in [0.1, 0.15) is 17.6 Å². The number of aromatic nitrogens is 2. The molecule has 1 fully saturated rings. The van der Waals surface area contributed by atoms with Gasteiger partial charge < -0.3 is 25.8 Å². The number of carbonyl (C=O) groups is 1. The average Bonchev–Trinajstić information content (AvgIpc) is 3.25. The molecule has 2 atom stereocenters. The van der Waals surface area contributed by atoms with Crippen LogP contribution in [0, 0.1) is 24.2 Å². The van der Waals surface area contributed by atoms with E-state index in [1.807, 2.05) is 61.5 Å². The molecular weight excluding hydrogens is 480 g/mol. The number of benzene rings is 2. The van der Waals surface area contributed by atoms with E-state index in [9.17, 15) is 15.2 Å². The summed E-state index contributed by atoms with van der Waals surface area (Å²) < 4.78 is 7.51. The first-order valence-electron chi connectivity index (χ1n) is 12.8. The average molecular weight is 511 g/mol. The first-order valence-corrected chi connectivity index (χ1v) is 12.8. The summed E-state index contributed by atoms with van der Waals surface area (Å²) in [5.74, 6) is 1.52. The number of para-hydroxylation sites is 1. The number of aliphatic hydroxyl groups excluding tert-OH is 1. The summed E-state index contributed by atoms with van der Waals surface area (Å²) in [5.41, 5.74) is 3.79. The predicted molar refractivity (Wildman–Crippen MR) is 146 cm³/mol. The van der Waals surface area contributed by atoms with Gasteiger partial charge in [0, 0.05) is 23.7 Å². The van der Waals surface area contributed by atoms with Gasteiger partial charge in [-0.05, 0) is 56.2 Å². The van der Waals surface area contributed by atoms with Gasteiger partial charge in [0.25, 0.3) is 0 Å². The van der Waals surface area contributed by atoms with Crippen LogP contribution in [0.2, 0.25) is 0 Å².